The van der Waals surface area contributed by atoms with E-state index in [0.29, 0.717) is 12.2 Å². The molecule has 3 aromatic rings. The highest BCUT2D eigenvalue weighted by atomic mass is 16.5. The smallest absolute Gasteiger partial charge is 0.183 e. The lowest BCUT2D eigenvalue weighted by molar-refractivity contribution is 0.122. The van der Waals surface area contributed by atoms with Crippen LogP contribution in [-0.4, -0.2) is 51.2 Å². The molecule has 2 N–H and O–H groups in total. The van der Waals surface area contributed by atoms with Crippen molar-refractivity contribution >= 4 is 17.0 Å². The van der Waals surface area contributed by atoms with E-state index < -0.39 is 0 Å². The molecule has 0 spiro atoms. The summed E-state index contributed by atoms with van der Waals surface area (Å²) in [4.78, 5) is 23.0. The van der Waals surface area contributed by atoms with E-state index in [1.165, 1.54) is 5.56 Å². The number of pyridine rings is 1. The quantitative estimate of drug-likeness (QED) is 0.719. The van der Waals surface area contributed by atoms with E-state index in [-0.39, 0.29) is 0 Å². The van der Waals surface area contributed by atoms with Gasteiger partial charge in [0.05, 0.1) is 26.1 Å². The molecule has 0 bridgehead atoms. The number of rotatable bonds is 5. The van der Waals surface area contributed by atoms with Gasteiger partial charge in [-0.3, -0.25) is 4.98 Å². The third-order valence-corrected chi connectivity index (χ3v) is 3.99. The Morgan fingerprint density at radius 1 is 1.12 bits per heavy atom. The van der Waals surface area contributed by atoms with Gasteiger partial charge >= 0.3 is 0 Å². The second-order valence-corrected chi connectivity index (χ2v) is 5.62. The van der Waals surface area contributed by atoms with Crippen LogP contribution in [0.3, 0.4) is 0 Å². The molecule has 3 aromatic heterocycles. The van der Waals surface area contributed by atoms with Crippen molar-refractivity contribution in [1.82, 2.24) is 30.2 Å². The molecule has 124 valence electrons. The molecule has 0 atom stereocenters. The molecule has 1 aliphatic heterocycles. The predicted octanol–water partition coefficient (Wildman–Crippen LogP) is 0.874. The molecule has 0 amide bonds. The number of hydrogen-bond donors (Lipinski definition) is 2. The molecule has 0 aromatic carbocycles. The topological polar surface area (TPSA) is 91.8 Å². The first-order valence-electron chi connectivity index (χ1n) is 8.02. The zero-order valence-electron chi connectivity index (χ0n) is 13.3. The van der Waals surface area contributed by atoms with E-state index in [9.17, 15) is 0 Å². The van der Waals surface area contributed by atoms with Crippen molar-refractivity contribution in [2.45, 2.75) is 13.1 Å². The largest absolute Gasteiger partial charge is 0.378 e. The molecule has 0 radical (unpaired) electrons. The van der Waals surface area contributed by atoms with E-state index in [4.69, 9.17) is 9.72 Å². The summed E-state index contributed by atoms with van der Waals surface area (Å²) in [6, 6.07) is 3.98. The van der Waals surface area contributed by atoms with Crippen molar-refractivity contribution < 1.29 is 4.74 Å². The summed E-state index contributed by atoms with van der Waals surface area (Å²) < 4.78 is 5.43. The Morgan fingerprint density at radius 3 is 2.79 bits per heavy atom. The van der Waals surface area contributed by atoms with Crippen LogP contribution >= 0.6 is 0 Å². The number of morpholine rings is 1. The van der Waals surface area contributed by atoms with E-state index in [1.54, 1.807) is 18.7 Å². The molecule has 8 heteroatoms. The third kappa shape index (κ3) is 3.19. The first-order chi connectivity index (χ1) is 11.9. The van der Waals surface area contributed by atoms with Gasteiger partial charge in [-0.25, -0.2) is 15.0 Å². The lowest BCUT2D eigenvalue weighted by atomic mass is 10.3. The van der Waals surface area contributed by atoms with Gasteiger partial charge in [-0.1, -0.05) is 0 Å². The lowest BCUT2D eigenvalue weighted by Crippen LogP contribution is -2.37. The normalized spacial score (nSPS) is 15.1. The first-order valence-corrected chi connectivity index (χ1v) is 8.02. The molecular weight excluding hydrogens is 306 g/mol. The highest BCUT2D eigenvalue weighted by Gasteiger charge is 2.18. The van der Waals surface area contributed by atoms with Crippen molar-refractivity contribution in [1.29, 1.82) is 0 Å². The molecular formula is C16H19N7O. The van der Waals surface area contributed by atoms with Gasteiger partial charge in [0.2, 0.25) is 0 Å². The average molecular weight is 325 g/mol. The fraction of sp³-hybridized carbons (Fsp3) is 0.375. The van der Waals surface area contributed by atoms with Gasteiger partial charge in [-0.2, -0.15) is 0 Å². The van der Waals surface area contributed by atoms with Crippen LogP contribution < -0.4 is 10.2 Å². The Morgan fingerprint density at radius 2 is 1.96 bits per heavy atom. The highest BCUT2D eigenvalue weighted by molar-refractivity contribution is 5.83. The third-order valence-electron chi connectivity index (χ3n) is 3.99. The molecule has 1 aliphatic rings. The maximum absolute atomic E-state index is 5.43. The van der Waals surface area contributed by atoms with Crippen LogP contribution in [0.4, 0.5) is 5.82 Å². The van der Waals surface area contributed by atoms with Crippen LogP contribution in [0, 0.1) is 0 Å². The van der Waals surface area contributed by atoms with Crippen LogP contribution in [0.5, 0.6) is 0 Å². The summed E-state index contributed by atoms with van der Waals surface area (Å²) in [5.74, 6) is 1.65. The molecule has 4 heterocycles. The standard InChI is InChI=1S/C16H19N7O/c1-3-17-4-2-12(1)9-18-10-13-21-15-14(19-11-20-15)16(22-13)23-5-7-24-8-6-23/h1-4,11,18H,5-10H2,(H,19,20,21,22). The van der Waals surface area contributed by atoms with Crippen molar-refractivity contribution in [2.75, 3.05) is 31.2 Å². The van der Waals surface area contributed by atoms with E-state index in [1.807, 2.05) is 12.1 Å². The maximum Gasteiger partial charge on any atom is 0.183 e. The summed E-state index contributed by atoms with van der Waals surface area (Å²) in [6.07, 6.45) is 5.25. The second-order valence-electron chi connectivity index (χ2n) is 5.62. The van der Waals surface area contributed by atoms with E-state index in [0.717, 1.165) is 50.0 Å². The summed E-state index contributed by atoms with van der Waals surface area (Å²) >= 11 is 0. The van der Waals surface area contributed by atoms with Gasteiger partial charge in [0.1, 0.15) is 11.3 Å². The van der Waals surface area contributed by atoms with Gasteiger partial charge in [-0.15, -0.1) is 0 Å². The summed E-state index contributed by atoms with van der Waals surface area (Å²) in [6.45, 7) is 4.42. The minimum atomic E-state index is 0.586. The van der Waals surface area contributed by atoms with Crippen molar-refractivity contribution in [3.8, 4) is 0 Å². The van der Waals surface area contributed by atoms with E-state index >= 15 is 0 Å². The number of aromatic nitrogens is 5. The number of nitrogens with one attached hydrogen (secondary N) is 2. The number of fused-ring (bicyclic) bond motifs is 1. The van der Waals surface area contributed by atoms with Crippen LogP contribution in [0.15, 0.2) is 30.9 Å². The Kier molecular flexibility index (Phi) is 4.30. The number of H-pyrrole nitrogens is 1. The van der Waals surface area contributed by atoms with Gasteiger partial charge in [0.15, 0.2) is 11.5 Å². The van der Waals surface area contributed by atoms with Gasteiger partial charge < -0.3 is 19.9 Å². The number of aromatic amines is 1. The maximum atomic E-state index is 5.43. The van der Waals surface area contributed by atoms with Crippen LogP contribution in [-0.2, 0) is 17.8 Å². The monoisotopic (exact) mass is 325 g/mol. The molecule has 0 aliphatic carbocycles. The second kappa shape index (κ2) is 6.90. The summed E-state index contributed by atoms with van der Waals surface area (Å²) in [5, 5.41) is 3.37. The molecule has 4 rings (SSSR count). The highest BCUT2D eigenvalue weighted by Crippen LogP contribution is 2.21. The minimum absolute atomic E-state index is 0.586. The van der Waals surface area contributed by atoms with Crippen molar-refractivity contribution in [2.24, 2.45) is 0 Å². The SMILES string of the molecule is c1cc(CNCc2nc(N3CCOCC3)c3[nH]cnc3n2)ccn1. The zero-order valence-corrected chi connectivity index (χ0v) is 13.3. The molecule has 24 heavy (non-hydrogen) atoms. The lowest BCUT2D eigenvalue weighted by Gasteiger charge is -2.28. The number of anilines is 1. The van der Waals surface area contributed by atoms with Gasteiger partial charge in [-0.05, 0) is 17.7 Å². The van der Waals surface area contributed by atoms with Crippen molar-refractivity contribution in [3.63, 3.8) is 0 Å². The fourth-order valence-corrected chi connectivity index (χ4v) is 2.76. The zero-order chi connectivity index (χ0) is 16.2. The predicted molar refractivity (Wildman–Crippen MR) is 89.5 cm³/mol. The molecule has 1 fully saturated rings. The van der Waals surface area contributed by atoms with Crippen molar-refractivity contribution in [3.05, 3.63) is 42.2 Å². The van der Waals surface area contributed by atoms with Crippen LogP contribution in [0.25, 0.3) is 11.2 Å². The van der Waals surface area contributed by atoms with E-state index in [2.05, 4.69) is 30.2 Å². The molecule has 1 saturated heterocycles. The number of imidazole rings is 1. The molecule has 0 unspecified atom stereocenters. The molecule has 8 nitrogen and oxygen atoms in total. The summed E-state index contributed by atoms with van der Waals surface area (Å²) in [5.41, 5.74) is 2.77. The minimum Gasteiger partial charge on any atom is -0.378 e. The van der Waals surface area contributed by atoms with Gasteiger partial charge in [0.25, 0.3) is 0 Å². The Hall–Kier alpha value is -2.58. The van der Waals surface area contributed by atoms with Crippen LogP contribution in [0.1, 0.15) is 11.4 Å². The fourth-order valence-electron chi connectivity index (χ4n) is 2.76. The first kappa shape index (κ1) is 15.0. The number of nitrogens with zero attached hydrogens (tertiary/aromatic N) is 5. The Bertz CT molecular complexity index is 799. The molecule has 0 saturated carbocycles. The Labute approximate surface area is 139 Å². The van der Waals surface area contributed by atoms with Gasteiger partial charge in [0, 0.05) is 32.0 Å². The number of hydrogen-bond acceptors (Lipinski definition) is 7. The van der Waals surface area contributed by atoms with Crippen LogP contribution in [0.2, 0.25) is 0 Å². The number of ether oxygens (including phenoxy) is 1. The Balaban J connectivity index is 1.52. The average Bonchev–Trinajstić information content (AvgIpc) is 3.11. The summed E-state index contributed by atoms with van der Waals surface area (Å²) in [7, 11) is 0.